The fourth-order valence-corrected chi connectivity index (χ4v) is 1.13. The van der Waals surface area contributed by atoms with Crippen molar-refractivity contribution < 1.29 is 14.3 Å². The van der Waals surface area contributed by atoms with Crippen LogP contribution in [0.15, 0.2) is 0 Å². The quantitative estimate of drug-likeness (QED) is 0.592. The third kappa shape index (κ3) is 1.55. The fraction of sp³-hybridized carbons (Fsp3) is 0.714. The van der Waals surface area contributed by atoms with Gasteiger partial charge in [0.05, 0.1) is 19.6 Å². The zero-order chi connectivity index (χ0) is 9.14. The lowest BCUT2D eigenvalue weighted by atomic mass is 9.96. The molecule has 0 aromatic rings. The van der Waals surface area contributed by atoms with Crippen LogP contribution in [0.5, 0.6) is 0 Å². The summed E-state index contributed by atoms with van der Waals surface area (Å²) in [6, 6.07) is 0. The van der Waals surface area contributed by atoms with Gasteiger partial charge >= 0.3 is 6.09 Å². The second kappa shape index (κ2) is 3.53. The fourth-order valence-electron chi connectivity index (χ4n) is 1.13. The minimum absolute atomic E-state index is 0.00940. The van der Waals surface area contributed by atoms with Gasteiger partial charge in [-0.3, -0.25) is 4.79 Å². The molecule has 0 bridgehead atoms. The van der Waals surface area contributed by atoms with Crippen molar-refractivity contribution in [2.45, 2.75) is 0 Å². The summed E-state index contributed by atoms with van der Waals surface area (Å²) in [4.78, 5) is 23.2. The third-order valence-electron chi connectivity index (χ3n) is 1.97. The summed E-state index contributed by atoms with van der Waals surface area (Å²) < 4.78 is 4.46. The van der Waals surface area contributed by atoms with Crippen LogP contribution in [0, 0.1) is 5.92 Å². The topological polar surface area (TPSA) is 72.6 Å². The van der Waals surface area contributed by atoms with Gasteiger partial charge in [-0.25, -0.2) is 4.79 Å². The lowest BCUT2D eigenvalue weighted by molar-refractivity contribution is -0.125. The van der Waals surface area contributed by atoms with E-state index in [4.69, 9.17) is 5.73 Å². The number of carbonyl (C=O) groups excluding carboxylic acids is 2. The number of hydrogen-bond acceptors (Lipinski definition) is 4. The molecule has 0 unspecified atom stereocenters. The summed E-state index contributed by atoms with van der Waals surface area (Å²) in [6.45, 7) is 0.949. The first-order valence-corrected chi connectivity index (χ1v) is 3.74. The number of carbonyl (C=O) groups is 2. The zero-order valence-corrected chi connectivity index (χ0v) is 6.95. The Kier molecular flexibility index (Phi) is 2.65. The molecule has 1 saturated heterocycles. The monoisotopic (exact) mass is 172 g/mol. The SMILES string of the molecule is COC(=O)N1CC(C(=O)CN)C1. The van der Waals surface area contributed by atoms with E-state index in [2.05, 4.69) is 4.74 Å². The number of likely N-dealkylation sites (tertiary alicyclic amines) is 1. The molecule has 5 nitrogen and oxygen atoms in total. The van der Waals surface area contributed by atoms with Crippen LogP contribution in [-0.4, -0.2) is 43.5 Å². The van der Waals surface area contributed by atoms with Crippen molar-refractivity contribution >= 4 is 11.9 Å². The zero-order valence-electron chi connectivity index (χ0n) is 6.95. The molecule has 0 spiro atoms. The average molecular weight is 172 g/mol. The van der Waals surface area contributed by atoms with E-state index in [-0.39, 0.29) is 24.3 Å². The molecule has 2 N–H and O–H groups in total. The van der Waals surface area contributed by atoms with E-state index < -0.39 is 0 Å². The molecule has 0 aromatic carbocycles. The smallest absolute Gasteiger partial charge is 0.409 e. The molecule has 1 fully saturated rings. The van der Waals surface area contributed by atoms with Gasteiger partial charge in [-0.1, -0.05) is 0 Å². The van der Waals surface area contributed by atoms with Crippen LogP contribution >= 0.6 is 0 Å². The van der Waals surface area contributed by atoms with E-state index in [1.54, 1.807) is 0 Å². The summed E-state index contributed by atoms with van der Waals surface area (Å²) >= 11 is 0. The summed E-state index contributed by atoms with van der Waals surface area (Å²) in [5.41, 5.74) is 5.15. The Balaban J connectivity index is 2.28. The lowest BCUT2D eigenvalue weighted by Crippen LogP contribution is -2.54. The van der Waals surface area contributed by atoms with E-state index >= 15 is 0 Å². The van der Waals surface area contributed by atoms with Gasteiger partial charge in [0, 0.05) is 13.1 Å². The predicted octanol–water partition coefficient (Wildman–Crippen LogP) is -0.788. The molecule has 0 aliphatic carbocycles. The molecular formula is C7H12N2O3. The summed E-state index contributed by atoms with van der Waals surface area (Å²) in [6.07, 6.45) is -0.379. The van der Waals surface area contributed by atoms with E-state index in [1.807, 2.05) is 0 Å². The van der Waals surface area contributed by atoms with Crippen LogP contribution in [0.4, 0.5) is 4.79 Å². The van der Waals surface area contributed by atoms with Gasteiger partial charge in [0.1, 0.15) is 0 Å². The number of Topliss-reactive ketones (excluding diaryl/α,β-unsaturated/α-hetero) is 1. The van der Waals surface area contributed by atoms with E-state index in [9.17, 15) is 9.59 Å². The predicted molar refractivity (Wildman–Crippen MR) is 41.5 cm³/mol. The van der Waals surface area contributed by atoms with Crippen molar-refractivity contribution in [1.82, 2.24) is 4.90 Å². The van der Waals surface area contributed by atoms with Crippen molar-refractivity contribution in [3.05, 3.63) is 0 Å². The normalized spacial score (nSPS) is 17.0. The summed E-state index contributed by atoms with van der Waals surface area (Å²) in [5, 5.41) is 0. The van der Waals surface area contributed by atoms with Crippen LogP contribution in [0.3, 0.4) is 0 Å². The standard InChI is InChI=1S/C7H12N2O3/c1-12-7(11)9-3-5(4-9)6(10)2-8/h5H,2-4,8H2,1H3. The first kappa shape index (κ1) is 8.99. The molecule has 1 amide bonds. The first-order chi connectivity index (χ1) is 5.69. The van der Waals surface area contributed by atoms with Gasteiger partial charge < -0.3 is 15.4 Å². The highest BCUT2D eigenvalue weighted by Crippen LogP contribution is 2.16. The Labute approximate surface area is 70.5 Å². The second-order valence-corrected chi connectivity index (χ2v) is 2.74. The highest BCUT2D eigenvalue weighted by atomic mass is 16.5. The highest BCUT2D eigenvalue weighted by Gasteiger charge is 2.35. The number of methoxy groups -OCH3 is 1. The van der Waals surface area contributed by atoms with Gasteiger partial charge in [0.2, 0.25) is 0 Å². The molecule has 68 valence electrons. The van der Waals surface area contributed by atoms with Crippen molar-refractivity contribution in [2.75, 3.05) is 26.7 Å². The molecule has 5 heteroatoms. The second-order valence-electron chi connectivity index (χ2n) is 2.74. The van der Waals surface area contributed by atoms with Gasteiger partial charge in [0.25, 0.3) is 0 Å². The van der Waals surface area contributed by atoms with Gasteiger partial charge in [-0.2, -0.15) is 0 Å². The number of nitrogens with zero attached hydrogens (tertiary/aromatic N) is 1. The maximum atomic E-state index is 10.9. The number of rotatable bonds is 2. The largest absolute Gasteiger partial charge is 0.453 e. The Bertz CT molecular complexity index is 179. The Morgan fingerprint density at radius 2 is 2.17 bits per heavy atom. The maximum absolute atomic E-state index is 10.9. The third-order valence-corrected chi connectivity index (χ3v) is 1.97. The maximum Gasteiger partial charge on any atom is 0.409 e. The summed E-state index contributed by atoms with van der Waals surface area (Å²) in [5.74, 6) is -0.0655. The number of ether oxygens (including phenoxy) is 1. The molecule has 1 aliphatic rings. The average Bonchev–Trinajstić information content (AvgIpc) is 2.01. The van der Waals surface area contributed by atoms with Gasteiger partial charge in [0.15, 0.2) is 5.78 Å². The highest BCUT2D eigenvalue weighted by molar-refractivity contribution is 5.85. The Morgan fingerprint density at radius 1 is 1.58 bits per heavy atom. The number of amides is 1. The van der Waals surface area contributed by atoms with Crippen molar-refractivity contribution in [1.29, 1.82) is 0 Å². The molecule has 0 aromatic heterocycles. The molecule has 1 rings (SSSR count). The van der Waals surface area contributed by atoms with Crippen LogP contribution in [-0.2, 0) is 9.53 Å². The van der Waals surface area contributed by atoms with E-state index in [1.165, 1.54) is 12.0 Å². The Morgan fingerprint density at radius 3 is 2.58 bits per heavy atom. The number of nitrogens with two attached hydrogens (primary N) is 1. The van der Waals surface area contributed by atoms with Crippen LogP contribution in [0.25, 0.3) is 0 Å². The Hall–Kier alpha value is -1.10. The molecular weight excluding hydrogens is 160 g/mol. The molecule has 12 heavy (non-hydrogen) atoms. The molecule has 1 heterocycles. The van der Waals surface area contributed by atoms with Crippen molar-refractivity contribution in [2.24, 2.45) is 11.7 Å². The van der Waals surface area contributed by atoms with Gasteiger partial charge in [-0.05, 0) is 0 Å². The van der Waals surface area contributed by atoms with Crippen LogP contribution in [0.2, 0.25) is 0 Å². The molecule has 1 aliphatic heterocycles. The molecule has 0 atom stereocenters. The molecule has 0 radical (unpaired) electrons. The number of hydrogen-bond donors (Lipinski definition) is 1. The minimum atomic E-state index is -0.379. The van der Waals surface area contributed by atoms with Crippen LogP contribution in [0.1, 0.15) is 0 Å². The summed E-state index contributed by atoms with van der Waals surface area (Å²) in [7, 11) is 1.32. The van der Waals surface area contributed by atoms with Crippen molar-refractivity contribution in [3.8, 4) is 0 Å². The number of ketones is 1. The van der Waals surface area contributed by atoms with Crippen LogP contribution < -0.4 is 5.73 Å². The minimum Gasteiger partial charge on any atom is -0.453 e. The van der Waals surface area contributed by atoms with E-state index in [0.717, 1.165) is 0 Å². The first-order valence-electron chi connectivity index (χ1n) is 3.74. The van der Waals surface area contributed by atoms with E-state index in [0.29, 0.717) is 13.1 Å². The van der Waals surface area contributed by atoms with Gasteiger partial charge in [-0.15, -0.1) is 0 Å². The molecule has 0 saturated carbocycles. The van der Waals surface area contributed by atoms with Crippen molar-refractivity contribution in [3.63, 3.8) is 0 Å². The lowest BCUT2D eigenvalue weighted by Gasteiger charge is -2.36.